The zero-order chi connectivity index (χ0) is 15.6. The number of hydrogen-bond donors (Lipinski definition) is 0. The van der Waals surface area contributed by atoms with E-state index in [4.69, 9.17) is 4.74 Å². The van der Waals surface area contributed by atoms with E-state index in [1.807, 2.05) is 6.92 Å². The van der Waals surface area contributed by atoms with Gasteiger partial charge in [-0.25, -0.2) is 0 Å². The molecule has 1 unspecified atom stereocenters. The minimum absolute atomic E-state index is 0.0573. The molecule has 2 aliphatic rings. The molecule has 2 rings (SSSR count). The van der Waals surface area contributed by atoms with Crippen molar-refractivity contribution in [3.63, 3.8) is 0 Å². The summed E-state index contributed by atoms with van der Waals surface area (Å²) < 4.78 is 5.66. The molecule has 0 radical (unpaired) electrons. The Morgan fingerprint density at radius 3 is 2.33 bits per heavy atom. The summed E-state index contributed by atoms with van der Waals surface area (Å²) in [6, 6.07) is 0. The summed E-state index contributed by atoms with van der Waals surface area (Å²) in [6.45, 7) is 10.0. The summed E-state index contributed by atoms with van der Waals surface area (Å²) in [7, 11) is 0. The molecule has 1 saturated heterocycles. The van der Waals surface area contributed by atoms with Crippen molar-refractivity contribution in [2.45, 2.75) is 65.9 Å². The van der Waals surface area contributed by atoms with Crippen LogP contribution in [0.25, 0.3) is 0 Å². The van der Waals surface area contributed by atoms with Crippen LogP contribution in [0.2, 0.25) is 0 Å². The van der Waals surface area contributed by atoms with E-state index in [9.17, 15) is 9.59 Å². The van der Waals surface area contributed by atoms with Crippen LogP contribution in [-0.2, 0) is 14.3 Å². The largest absolute Gasteiger partial charge is 0.462 e. The predicted octanol–water partition coefficient (Wildman–Crippen LogP) is 3.00. The standard InChI is InChI=1S/C17H29NO3/c1-5-18-11-12(10-15(18)19)16(20)21-14-8-6-13(7-9-14)17(2,3)4/h12-14H,5-11H2,1-4H3. The van der Waals surface area contributed by atoms with Crippen LogP contribution < -0.4 is 0 Å². The van der Waals surface area contributed by atoms with Crippen LogP contribution >= 0.6 is 0 Å². The smallest absolute Gasteiger partial charge is 0.311 e. The first-order valence-corrected chi connectivity index (χ1v) is 8.29. The van der Waals surface area contributed by atoms with E-state index in [1.165, 1.54) is 0 Å². The number of likely N-dealkylation sites (tertiary alicyclic amines) is 1. The van der Waals surface area contributed by atoms with Crippen molar-refractivity contribution in [1.29, 1.82) is 0 Å². The van der Waals surface area contributed by atoms with Crippen molar-refractivity contribution < 1.29 is 14.3 Å². The molecule has 0 N–H and O–H groups in total. The van der Waals surface area contributed by atoms with Gasteiger partial charge < -0.3 is 9.64 Å². The van der Waals surface area contributed by atoms with Gasteiger partial charge >= 0.3 is 5.97 Å². The highest BCUT2D eigenvalue weighted by Gasteiger charge is 2.37. The SMILES string of the molecule is CCN1CC(C(=O)OC2CCC(C(C)(C)C)CC2)CC1=O. The minimum Gasteiger partial charge on any atom is -0.462 e. The Hall–Kier alpha value is -1.06. The van der Waals surface area contributed by atoms with Gasteiger partial charge in [-0.15, -0.1) is 0 Å². The Morgan fingerprint density at radius 1 is 1.24 bits per heavy atom. The van der Waals surface area contributed by atoms with E-state index in [1.54, 1.807) is 4.90 Å². The number of nitrogens with zero attached hydrogens (tertiary/aromatic N) is 1. The number of carbonyl (C=O) groups is 2. The van der Waals surface area contributed by atoms with Crippen molar-refractivity contribution in [3.8, 4) is 0 Å². The number of ether oxygens (including phenoxy) is 1. The number of esters is 1. The van der Waals surface area contributed by atoms with E-state index in [0.717, 1.165) is 31.6 Å². The fourth-order valence-electron chi connectivity index (χ4n) is 3.54. The van der Waals surface area contributed by atoms with E-state index in [-0.39, 0.29) is 23.9 Å². The average molecular weight is 295 g/mol. The molecule has 1 aliphatic heterocycles. The van der Waals surface area contributed by atoms with Crippen LogP contribution in [0.5, 0.6) is 0 Å². The van der Waals surface area contributed by atoms with Gasteiger partial charge in [-0.3, -0.25) is 9.59 Å². The molecule has 0 spiro atoms. The Bertz CT molecular complexity index is 391. The molecule has 1 saturated carbocycles. The lowest BCUT2D eigenvalue weighted by Crippen LogP contribution is -2.32. The lowest BCUT2D eigenvalue weighted by atomic mass is 9.72. The molecule has 1 heterocycles. The van der Waals surface area contributed by atoms with E-state index < -0.39 is 0 Å². The first kappa shape index (κ1) is 16.3. The lowest BCUT2D eigenvalue weighted by molar-refractivity contribution is -0.156. The van der Waals surface area contributed by atoms with Gasteiger partial charge in [-0.2, -0.15) is 0 Å². The Balaban J connectivity index is 1.79. The molecule has 1 aliphatic carbocycles. The van der Waals surface area contributed by atoms with Crippen molar-refractivity contribution in [2.24, 2.45) is 17.3 Å². The van der Waals surface area contributed by atoms with E-state index >= 15 is 0 Å². The zero-order valence-corrected chi connectivity index (χ0v) is 13.9. The van der Waals surface area contributed by atoms with Crippen LogP contribution in [0.3, 0.4) is 0 Å². The second-order valence-corrected chi connectivity index (χ2v) is 7.61. The van der Waals surface area contributed by atoms with Crippen molar-refractivity contribution in [2.75, 3.05) is 13.1 Å². The van der Waals surface area contributed by atoms with Crippen molar-refractivity contribution in [3.05, 3.63) is 0 Å². The summed E-state index contributed by atoms with van der Waals surface area (Å²) in [6.07, 6.45) is 4.57. The summed E-state index contributed by atoms with van der Waals surface area (Å²) in [5, 5.41) is 0. The molecule has 1 amide bonds. The molecule has 4 heteroatoms. The molecule has 21 heavy (non-hydrogen) atoms. The average Bonchev–Trinajstić information content (AvgIpc) is 2.79. The normalized spacial score (nSPS) is 30.6. The van der Waals surface area contributed by atoms with Gasteiger partial charge in [-0.1, -0.05) is 20.8 Å². The molecule has 0 bridgehead atoms. The van der Waals surface area contributed by atoms with Gasteiger partial charge in [0.05, 0.1) is 5.92 Å². The van der Waals surface area contributed by atoms with Gasteiger partial charge in [0.1, 0.15) is 6.10 Å². The predicted molar refractivity (Wildman–Crippen MR) is 81.7 cm³/mol. The molecule has 1 atom stereocenters. The molecule has 0 aromatic carbocycles. The van der Waals surface area contributed by atoms with Crippen LogP contribution in [0.1, 0.15) is 59.8 Å². The van der Waals surface area contributed by atoms with E-state index in [0.29, 0.717) is 24.9 Å². The fourth-order valence-corrected chi connectivity index (χ4v) is 3.54. The first-order valence-electron chi connectivity index (χ1n) is 8.29. The lowest BCUT2D eigenvalue weighted by Gasteiger charge is -2.36. The molecular weight excluding hydrogens is 266 g/mol. The number of hydrogen-bond acceptors (Lipinski definition) is 3. The Kier molecular flexibility index (Phi) is 4.95. The number of rotatable bonds is 3. The topological polar surface area (TPSA) is 46.6 Å². The molecular formula is C17H29NO3. The summed E-state index contributed by atoms with van der Waals surface area (Å²) in [4.78, 5) is 25.6. The van der Waals surface area contributed by atoms with Crippen LogP contribution in [-0.4, -0.2) is 36.0 Å². The van der Waals surface area contributed by atoms with Crippen LogP contribution in [0.4, 0.5) is 0 Å². The summed E-state index contributed by atoms with van der Waals surface area (Å²) in [5.41, 5.74) is 0.342. The van der Waals surface area contributed by atoms with Crippen molar-refractivity contribution in [1.82, 2.24) is 4.90 Å². The quantitative estimate of drug-likeness (QED) is 0.752. The highest BCUT2D eigenvalue weighted by molar-refractivity contribution is 5.86. The van der Waals surface area contributed by atoms with Crippen LogP contribution in [0.15, 0.2) is 0 Å². The van der Waals surface area contributed by atoms with Gasteiger partial charge in [0.2, 0.25) is 5.91 Å². The monoisotopic (exact) mass is 295 g/mol. The van der Waals surface area contributed by atoms with Gasteiger partial charge in [0.15, 0.2) is 0 Å². The third-order valence-electron chi connectivity index (χ3n) is 5.11. The summed E-state index contributed by atoms with van der Waals surface area (Å²) in [5.74, 6) is 0.378. The van der Waals surface area contributed by atoms with E-state index in [2.05, 4.69) is 20.8 Å². The maximum Gasteiger partial charge on any atom is 0.311 e. The van der Waals surface area contributed by atoms with Gasteiger partial charge in [-0.05, 0) is 43.9 Å². The third kappa shape index (κ3) is 3.98. The number of carbonyl (C=O) groups excluding carboxylic acids is 2. The van der Waals surface area contributed by atoms with Gasteiger partial charge in [0.25, 0.3) is 0 Å². The minimum atomic E-state index is -0.252. The highest BCUT2D eigenvalue weighted by Crippen LogP contribution is 2.38. The second-order valence-electron chi connectivity index (χ2n) is 7.61. The van der Waals surface area contributed by atoms with Crippen molar-refractivity contribution >= 4 is 11.9 Å². The maximum absolute atomic E-state index is 12.2. The Labute approximate surface area is 128 Å². The second kappa shape index (κ2) is 6.37. The molecule has 0 aromatic rings. The van der Waals surface area contributed by atoms with Crippen LogP contribution in [0, 0.1) is 17.3 Å². The molecule has 120 valence electrons. The highest BCUT2D eigenvalue weighted by atomic mass is 16.5. The molecule has 2 fully saturated rings. The molecule has 4 nitrogen and oxygen atoms in total. The zero-order valence-electron chi connectivity index (χ0n) is 13.9. The fraction of sp³-hybridized carbons (Fsp3) is 0.882. The summed E-state index contributed by atoms with van der Waals surface area (Å²) >= 11 is 0. The first-order chi connectivity index (χ1) is 9.81. The molecule has 0 aromatic heterocycles. The van der Waals surface area contributed by atoms with Gasteiger partial charge in [0, 0.05) is 19.5 Å². The number of amides is 1. The maximum atomic E-state index is 12.2. The third-order valence-corrected chi connectivity index (χ3v) is 5.11. The Morgan fingerprint density at radius 2 is 1.86 bits per heavy atom.